The molecule has 122 valence electrons. The van der Waals surface area contributed by atoms with Gasteiger partial charge in [0.2, 0.25) is 5.91 Å². The molecule has 0 saturated heterocycles. The van der Waals surface area contributed by atoms with Crippen LogP contribution in [0.15, 0.2) is 30.6 Å². The first-order valence-corrected chi connectivity index (χ1v) is 8.03. The maximum absolute atomic E-state index is 12.5. The highest BCUT2D eigenvalue weighted by Crippen LogP contribution is 2.21. The molecule has 2 aromatic rings. The number of carbonyl (C=O) groups is 1. The molecule has 1 aromatic carbocycles. The van der Waals surface area contributed by atoms with Gasteiger partial charge >= 0.3 is 0 Å². The summed E-state index contributed by atoms with van der Waals surface area (Å²) in [5.41, 5.74) is 2.81. The van der Waals surface area contributed by atoms with Crippen LogP contribution in [-0.2, 0) is 17.8 Å². The first-order chi connectivity index (χ1) is 11.3. The van der Waals surface area contributed by atoms with E-state index < -0.39 is 6.04 Å². The van der Waals surface area contributed by atoms with Crippen molar-refractivity contribution in [3.05, 3.63) is 47.5 Å². The number of aromatic nitrogens is 2. The fourth-order valence-corrected chi connectivity index (χ4v) is 2.72. The van der Waals surface area contributed by atoms with E-state index in [1.807, 2.05) is 24.3 Å². The number of para-hydroxylation sites is 1. The van der Waals surface area contributed by atoms with Gasteiger partial charge in [0.25, 0.3) is 0 Å². The van der Waals surface area contributed by atoms with Crippen LogP contribution in [0.2, 0.25) is 0 Å². The Balaban J connectivity index is 1.64. The Morgan fingerprint density at radius 3 is 3.17 bits per heavy atom. The molecule has 1 aromatic heterocycles. The predicted octanol–water partition coefficient (Wildman–Crippen LogP) is 1.70. The largest absolute Gasteiger partial charge is 0.493 e. The first-order valence-electron chi connectivity index (χ1n) is 8.03. The number of amides is 1. The van der Waals surface area contributed by atoms with Crippen LogP contribution >= 0.6 is 0 Å². The summed E-state index contributed by atoms with van der Waals surface area (Å²) in [5.74, 6) is 0.759. The minimum Gasteiger partial charge on any atom is -0.493 e. The number of H-pyrrole nitrogens is 1. The summed E-state index contributed by atoms with van der Waals surface area (Å²) < 4.78 is 5.72. The molecule has 0 fully saturated rings. The minimum atomic E-state index is -0.395. The maximum atomic E-state index is 12.5. The van der Waals surface area contributed by atoms with Gasteiger partial charge in [0, 0.05) is 30.8 Å². The van der Waals surface area contributed by atoms with E-state index in [1.165, 1.54) is 0 Å². The molecule has 0 spiro atoms. The Morgan fingerprint density at radius 1 is 1.43 bits per heavy atom. The second-order valence-corrected chi connectivity index (χ2v) is 5.58. The number of imidazole rings is 1. The number of carbonyl (C=O) groups excluding carboxylic acids is 1. The lowest BCUT2D eigenvalue weighted by molar-refractivity contribution is -0.123. The summed E-state index contributed by atoms with van der Waals surface area (Å²) in [5, 5.41) is 6.20. The van der Waals surface area contributed by atoms with Gasteiger partial charge in [0.1, 0.15) is 11.8 Å². The second kappa shape index (κ2) is 7.28. The summed E-state index contributed by atoms with van der Waals surface area (Å²) in [6, 6.07) is 7.40. The fraction of sp³-hybridized carbons (Fsp3) is 0.412. The van der Waals surface area contributed by atoms with Crippen LogP contribution in [0, 0.1) is 0 Å². The SMILES string of the molecule is CCCOc1ccccc1CNC(=O)[C@H]1NCCc2[nH]cnc21. The number of ether oxygens (including phenoxy) is 1. The van der Waals surface area contributed by atoms with E-state index in [0.29, 0.717) is 13.2 Å². The van der Waals surface area contributed by atoms with E-state index in [1.54, 1.807) is 6.33 Å². The average molecular weight is 314 g/mol. The van der Waals surface area contributed by atoms with Crippen molar-refractivity contribution < 1.29 is 9.53 Å². The van der Waals surface area contributed by atoms with E-state index >= 15 is 0 Å². The molecule has 1 aliphatic heterocycles. The summed E-state index contributed by atoms with van der Waals surface area (Å²) in [4.78, 5) is 19.9. The van der Waals surface area contributed by atoms with Crippen LogP contribution in [0.4, 0.5) is 0 Å². The van der Waals surface area contributed by atoms with Gasteiger partial charge in [-0.15, -0.1) is 0 Å². The van der Waals surface area contributed by atoms with Crippen molar-refractivity contribution in [3.63, 3.8) is 0 Å². The molecular weight excluding hydrogens is 292 g/mol. The fourth-order valence-electron chi connectivity index (χ4n) is 2.72. The maximum Gasteiger partial charge on any atom is 0.243 e. The highest BCUT2D eigenvalue weighted by Gasteiger charge is 2.28. The lowest BCUT2D eigenvalue weighted by atomic mass is 10.0. The molecule has 1 atom stereocenters. The molecule has 3 N–H and O–H groups in total. The predicted molar refractivity (Wildman–Crippen MR) is 87.1 cm³/mol. The highest BCUT2D eigenvalue weighted by atomic mass is 16.5. The lowest BCUT2D eigenvalue weighted by Gasteiger charge is -2.22. The Morgan fingerprint density at radius 2 is 2.30 bits per heavy atom. The third-order valence-electron chi connectivity index (χ3n) is 3.90. The van der Waals surface area contributed by atoms with Crippen molar-refractivity contribution in [2.75, 3.05) is 13.2 Å². The zero-order valence-corrected chi connectivity index (χ0v) is 13.3. The lowest BCUT2D eigenvalue weighted by Crippen LogP contribution is -2.41. The number of hydrogen-bond donors (Lipinski definition) is 3. The van der Waals surface area contributed by atoms with Gasteiger partial charge in [-0.25, -0.2) is 4.98 Å². The van der Waals surface area contributed by atoms with E-state index in [2.05, 4.69) is 27.5 Å². The molecule has 6 nitrogen and oxygen atoms in total. The zero-order valence-electron chi connectivity index (χ0n) is 13.3. The average Bonchev–Trinajstić information content (AvgIpc) is 3.07. The number of nitrogens with zero attached hydrogens (tertiary/aromatic N) is 1. The number of fused-ring (bicyclic) bond motifs is 1. The molecule has 0 radical (unpaired) electrons. The van der Waals surface area contributed by atoms with Gasteiger partial charge in [0.05, 0.1) is 18.6 Å². The molecule has 23 heavy (non-hydrogen) atoms. The van der Waals surface area contributed by atoms with Crippen molar-refractivity contribution in [1.82, 2.24) is 20.6 Å². The molecule has 0 aliphatic carbocycles. The number of rotatable bonds is 6. The van der Waals surface area contributed by atoms with E-state index in [4.69, 9.17) is 4.74 Å². The van der Waals surface area contributed by atoms with Gasteiger partial charge in [-0.1, -0.05) is 25.1 Å². The van der Waals surface area contributed by atoms with Gasteiger partial charge in [-0.05, 0) is 12.5 Å². The Kier molecular flexibility index (Phi) is 4.92. The van der Waals surface area contributed by atoms with Gasteiger partial charge in [0.15, 0.2) is 0 Å². The molecule has 0 bridgehead atoms. The topological polar surface area (TPSA) is 79.0 Å². The summed E-state index contributed by atoms with van der Waals surface area (Å²) in [7, 11) is 0. The molecule has 6 heteroatoms. The van der Waals surface area contributed by atoms with Crippen LogP contribution in [0.3, 0.4) is 0 Å². The Bertz CT molecular complexity index is 668. The van der Waals surface area contributed by atoms with Crippen molar-refractivity contribution in [1.29, 1.82) is 0 Å². The summed E-state index contributed by atoms with van der Waals surface area (Å²) in [6.45, 7) is 3.95. The van der Waals surface area contributed by atoms with Crippen LogP contribution in [0.1, 0.15) is 36.3 Å². The molecular formula is C17H22N4O2. The smallest absolute Gasteiger partial charge is 0.243 e. The molecule has 2 heterocycles. The van der Waals surface area contributed by atoms with E-state index in [-0.39, 0.29) is 5.91 Å². The van der Waals surface area contributed by atoms with Gasteiger partial charge in [-0.2, -0.15) is 0 Å². The minimum absolute atomic E-state index is 0.0663. The second-order valence-electron chi connectivity index (χ2n) is 5.58. The van der Waals surface area contributed by atoms with E-state index in [9.17, 15) is 4.79 Å². The molecule has 0 unspecified atom stereocenters. The Hall–Kier alpha value is -2.34. The van der Waals surface area contributed by atoms with Crippen molar-refractivity contribution in [3.8, 4) is 5.75 Å². The van der Waals surface area contributed by atoms with Crippen molar-refractivity contribution in [2.45, 2.75) is 32.4 Å². The van der Waals surface area contributed by atoms with Crippen LogP contribution in [-0.4, -0.2) is 29.0 Å². The summed E-state index contributed by atoms with van der Waals surface area (Å²) in [6.07, 6.45) is 3.47. The third kappa shape index (κ3) is 3.53. The standard InChI is InChI=1S/C17H22N4O2/c1-2-9-23-14-6-4-3-5-12(14)10-19-17(22)16-15-13(7-8-18-16)20-11-21-15/h3-6,11,16,18H,2,7-10H2,1H3,(H,19,22)(H,20,21)/t16-/m0/s1. The quantitative estimate of drug-likeness (QED) is 0.758. The molecule has 0 saturated carbocycles. The number of aromatic amines is 1. The monoisotopic (exact) mass is 314 g/mol. The van der Waals surface area contributed by atoms with Crippen LogP contribution in [0.5, 0.6) is 5.75 Å². The number of nitrogens with one attached hydrogen (secondary N) is 3. The first kappa shape index (κ1) is 15.6. The highest BCUT2D eigenvalue weighted by molar-refractivity contribution is 5.83. The van der Waals surface area contributed by atoms with Crippen LogP contribution < -0.4 is 15.4 Å². The Labute approximate surface area is 135 Å². The number of benzene rings is 1. The zero-order chi connectivity index (χ0) is 16.1. The van der Waals surface area contributed by atoms with Gasteiger partial charge < -0.3 is 20.4 Å². The normalized spacial score (nSPS) is 16.7. The van der Waals surface area contributed by atoms with Crippen molar-refractivity contribution >= 4 is 5.91 Å². The molecule has 1 aliphatic rings. The third-order valence-corrected chi connectivity index (χ3v) is 3.90. The summed E-state index contributed by atoms with van der Waals surface area (Å²) >= 11 is 0. The van der Waals surface area contributed by atoms with Crippen molar-refractivity contribution in [2.24, 2.45) is 0 Å². The van der Waals surface area contributed by atoms with E-state index in [0.717, 1.165) is 42.1 Å². The molecule has 3 rings (SSSR count). The molecule has 1 amide bonds. The van der Waals surface area contributed by atoms with Crippen LogP contribution in [0.25, 0.3) is 0 Å². The van der Waals surface area contributed by atoms with Gasteiger partial charge in [-0.3, -0.25) is 4.79 Å². The number of hydrogen-bond acceptors (Lipinski definition) is 4.